The van der Waals surface area contributed by atoms with Crippen molar-refractivity contribution in [2.24, 2.45) is 0 Å². The molecular weight excluding hydrogens is 336 g/mol. The van der Waals surface area contributed by atoms with Gasteiger partial charge in [0, 0.05) is 49.0 Å². The van der Waals surface area contributed by atoms with E-state index >= 15 is 0 Å². The molecule has 6 heteroatoms. The molecule has 1 atom stereocenters. The molecule has 1 unspecified atom stereocenters. The Kier molecular flexibility index (Phi) is 4.16. The molecular formula is C21H28N6. The monoisotopic (exact) mass is 364 g/mol. The van der Waals surface area contributed by atoms with Crippen LogP contribution < -0.4 is 4.90 Å². The van der Waals surface area contributed by atoms with E-state index in [1.165, 1.54) is 49.7 Å². The van der Waals surface area contributed by atoms with Crippen LogP contribution in [0.3, 0.4) is 0 Å². The van der Waals surface area contributed by atoms with Gasteiger partial charge >= 0.3 is 0 Å². The van der Waals surface area contributed by atoms with Gasteiger partial charge in [0.1, 0.15) is 11.5 Å². The van der Waals surface area contributed by atoms with Gasteiger partial charge in [-0.25, -0.2) is 9.97 Å². The molecule has 0 aliphatic carbocycles. The summed E-state index contributed by atoms with van der Waals surface area (Å²) in [5.41, 5.74) is 3.67. The Bertz CT molecular complexity index is 910. The average molecular weight is 364 g/mol. The molecule has 2 aliphatic rings. The minimum Gasteiger partial charge on any atom is -0.369 e. The first-order valence-corrected chi connectivity index (χ1v) is 10.3. The number of nitrogens with one attached hydrogen (secondary N) is 2. The number of hydrogen-bond acceptors (Lipinski definition) is 4. The molecule has 2 saturated heterocycles. The van der Waals surface area contributed by atoms with Gasteiger partial charge in [-0.15, -0.1) is 0 Å². The second-order valence-corrected chi connectivity index (χ2v) is 7.98. The summed E-state index contributed by atoms with van der Waals surface area (Å²) in [6.45, 7) is 6.95. The highest BCUT2D eigenvalue weighted by Gasteiger charge is 2.41. The van der Waals surface area contributed by atoms with Gasteiger partial charge in [0.05, 0.1) is 11.1 Å². The first kappa shape index (κ1) is 16.8. The van der Waals surface area contributed by atoms with Crippen LogP contribution >= 0.6 is 0 Å². The number of nitrogens with zero attached hydrogens (tertiary/aromatic N) is 4. The maximum atomic E-state index is 4.57. The topological polar surface area (TPSA) is 63.8 Å². The van der Waals surface area contributed by atoms with Gasteiger partial charge < -0.3 is 14.9 Å². The summed E-state index contributed by atoms with van der Waals surface area (Å²) in [4.78, 5) is 21.0. The van der Waals surface area contributed by atoms with Gasteiger partial charge in [-0.05, 0) is 44.8 Å². The molecule has 27 heavy (non-hydrogen) atoms. The highest BCUT2D eigenvalue weighted by molar-refractivity contribution is 6.01. The number of pyridine rings is 1. The minimum absolute atomic E-state index is 0.335. The fourth-order valence-electron chi connectivity index (χ4n) is 5.33. The molecule has 5 rings (SSSR count). The third kappa shape index (κ3) is 2.74. The Morgan fingerprint density at radius 2 is 2.00 bits per heavy atom. The van der Waals surface area contributed by atoms with E-state index in [1.54, 1.807) is 6.20 Å². The lowest BCUT2D eigenvalue weighted by molar-refractivity contribution is 0.0384. The van der Waals surface area contributed by atoms with Crippen LogP contribution in [-0.2, 0) is 0 Å². The molecule has 2 aliphatic heterocycles. The minimum atomic E-state index is 0.335. The number of likely N-dealkylation sites (N-methyl/N-ethyl adjacent to an activating group) is 1. The maximum absolute atomic E-state index is 4.57. The van der Waals surface area contributed by atoms with Crippen molar-refractivity contribution in [1.29, 1.82) is 0 Å². The molecule has 142 valence electrons. The summed E-state index contributed by atoms with van der Waals surface area (Å²) in [7, 11) is 0. The van der Waals surface area contributed by atoms with Crippen molar-refractivity contribution in [3.05, 3.63) is 30.9 Å². The van der Waals surface area contributed by atoms with E-state index in [2.05, 4.69) is 42.7 Å². The van der Waals surface area contributed by atoms with E-state index in [0.717, 1.165) is 36.7 Å². The number of aromatic nitrogens is 4. The van der Waals surface area contributed by atoms with E-state index in [4.69, 9.17) is 0 Å². The third-order valence-electron chi connectivity index (χ3n) is 6.57. The van der Waals surface area contributed by atoms with Crippen LogP contribution in [0.4, 0.5) is 5.69 Å². The predicted molar refractivity (Wildman–Crippen MR) is 109 cm³/mol. The number of aromatic amines is 2. The molecule has 5 heterocycles. The van der Waals surface area contributed by atoms with Crippen molar-refractivity contribution < 1.29 is 0 Å². The van der Waals surface area contributed by atoms with Crippen LogP contribution in [0.2, 0.25) is 0 Å². The number of imidazole rings is 1. The Morgan fingerprint density at radius 3 is 2.85 bits per heavy atom. The van der Waals surface area contributed by atoms with Gasteiger partial charge in [-0.2, -0.15) is 0 Å². The van der Waals surface area contributed by atoms with Crippen LogP contribution in [0.25, 0.3) is 22.4 Å². The van der Waals surface area contributed by atoms with Gasteiger partial charge in [0.15, 0.2) is 0 Å². The zero-order valence-corrected chi connectivity index (χ0v) is 16.0. The predicted octanol–water partition coefficient (Wildman–Crippen LogP) is 3.80. The number of H-pyrrole nitrogens is 2. The second kappa shape index (κ2) is 6.68. The zero-order chi connectivity index (χ0) is 18.3. The lowest BCUT2D eigenvalue weighted by atomic mass is 9.79. The number of anilines is 1. The summed E-state index contributed by atoms with van der Waals surface area (Å²) >= 11 is 0. The fraction of sp³-hybridized carbons (Fsp3) is 0.524. The van der Waals surface area contributed by atoms with E-state index in [0.29, 0.717) is 5.54 Å². The molecule has 0 amide bonds. The summed E-state index contributed by atoms with van der Waals surface area (Å²) in [6, 6.07) is 2.18. The number of piperidine rings is 2. The third-order valence-corrected chi connectivity index (χ3v) is 6.57. The highest BCUT2D eigenvalue weighted by Crippen LogP contribution is 2.40. The van der Waals surface area contributed by atoms with Gasteiger partial charge in [0.2, 0.25) is 0 Å². The Morgan fingerprint density at radius 1 is 1.07 bits per heavy atom. The summed E-state index contributed by atoms with van der Waals surface area (Å²) in [5.74, 6) is 0.898. The van der Waals surface area contributed by atoms with Crippen LogP contribution in [0.15, 0.2) is 30.9 Å². The van der Waals surface area contributed by atoms with Gasteiger partial charge in [-0.1, -0.05) is 13.3 Å². The lowest BCUT2D eigenvalue weighted by Crippen LogP contribution is -2.60. The SMILES string of the molecule is CCN1CCCCC12CCCN(c1ccnc3[nH]cc(-c4ncc[nH]4)c13)C2. The normalized spacial score (nSPS) is 24.1. The molecule has 3 aromatic heterocycles. The molecule has 0 radical (unpaired) electrons. The van der Waals surface area contributed by atoms with Crippen molar-refractivity contribution in [2.45, 2.75) is 44.6 Å². The molecule has 0 bridgehead atoms. The quantitative estimate of drug-likeness (QED) is 0.742. The molecule has 2 fully saturated rings. The van der Waals surface area contributed by atoms with E-state index in [1.807, 2.05) is 18.6 Å². The van der Waals surface area contributed by atoms with Crippen LogP contribution in [-0.4, -0.2) is 56.6 Å². The molecule has 0 aromatic carbocycles. The molecule has 0 saturated carbocycles. The molecule has 2 N–H and O–H groups in total. The van der Waals surface area contributed by atoms with E-state index in [9.17, 15) is 0 Å². The number of fused-ring (bicyclic) bond motifs is 1. The van der Waals surface area contributed by atoms with Crippen molar-refractivity contribution >= 4 is 16.7 Å². The standard InChI is InChI=1S/C21H28N6/c1-2-27-13-4-3-7-21(27)8-5-12-26(15-21)17-6-9-22-20-18(17)16(14-25-20)19-23-10-11-24-19/h6,9-11,14H,2-5,7-8,12-13,15H2,1H3,(H,22,25)(H,23,24). The molecule has 6 nitrogen and oxygen atoms in total. The number of hydrogen-bond donors (Lipinski definition) is 2. The lowest BCUT2D eigenvalue weighted by Gasteiger charge is -2.52. The van der Waals surface area contributed by atoms with E-state index in [-0.39, 0.29) is 0 Å². The van der Waals surface area contributed by atoms with Gasteiger partial charge in [0.25, 0.3) is 0 Å². The highest BCUT2D eigenvalue weighted by atomic mass is 15.3. The Labute approximate surface area is 160 Å². The largest absolute Gasteiger partial charge is 0.369 e. The molecule has 3 aromatic rings. The Balaban J connectivity index is 1.56. The van der Waals surface area contributed by atoms with Crippen LogP contribution in [0, 0.1) is 0 Å². The second-order valence-electron chi connectivity index (χ2n) is 7.98. The average Bonchev–Trinajstić information content (AvgIpc) is 3.37. The smallest absolute Gasteiger partial charge is 0.140 e. The maximum Gasteiger partial charge on any atom is 0.140 e. The van der Waals surface area contributed by atoms with Crippen molar-refractivity contribution in [2.75, 3.05) is 31.1 Å². The number of rotatable bonds is 3. The summed E-state index contributed by atoms with van der Waals surface area (Å²) in [5, 5.41) is 1.18. The fourth-order valence-corrected chi connectivity index (χ4v) is 5.33. The Hall–Kier alpha value is -2.34. The first-order valence-electron chi connectivity index (χ1n) is 10.3. The van der Waals surface area contributed by atoms with Gasteiger partial charge in [-0.3, -0.25) is 4.90 Å². The summed E-state index contributed by atoms with van der Waals surface area (Å²) < 4.78 is 0. The number of likely N-dealkylation sites (tertiary alicyclic amines) is 1. The first-order chi connectivity index (χ1) is 13.3. The molecule has 1 spiro atoms. The zero-order valence-electron chi connectivity index (χ0n) is 16.0. The summed E-state index contributed by atoms with van der Waals surface area (Å²) in [6.07, 6.45) is 14.2. The van der Waals surface area contributed by atoms with Crippen molar-refractivity contribution in [3.63, 3.8) is 0 Å². The van der Waals surface area contributed by atoms with Crippen molar-refractivity contribution in [1.82, 2.24) is 24.8 Å². The van der Waals surface area contributed by atoms with Crippen LogP contribution in [0.5, 0.6) is 0 Å². The van der Waals surface area contributed by atoms with Crippen molar-refractivity contribution in [3.8, 4) is 11.4 Å². The van der Waals surface area contributed by atoms with Crippen LogP contribution in [0.1, 0.15) is 39.0 Å². The van der Waals surface area contributed by atoms with E-state index < -0.39 is 0 Å².